The second kappa shape index (κ2) is 5.56. The Bertz CT molecular complexity index is 831. The number of aromatic carboxylic acids is 1. The van der Waals surface area contributed by atoms with Crippen LogP contribution in [0.3, 0.4) is 0 Å². The molecule has 0 aliphatic carbocycles. The van der Waals surface area contributed by atoms with Gasteiger partial charge in [0.25, 0.3) is 0 Å². The minimum absolute atomic E-state index is 0.306. The number of benzene rings is 2. The highest BCUT2D eigenvalue weighted by Crippen LogP contribution is 2.26. The van der Waals surface area contributed by atoms with Crippen LogP contribution in [0.1, 0.15) is 21.5 Å². The fourth-order valence-corrected chi connectivity index (χ4v) is 2.62. The number of carboxylic acids is 1. The van der Waals surface area contributed by atoms with Gasteiger partial charge in [-0.05, 0) is 31.2 Å². The molecule has 4 nitrogen and oxygen atoms in total. The van der Waals surface area contributed by atoms with Crippen molar-refractivity contribution in [3.63, 3.8) is 0 Å². The van der Waals surface area contributed by atoms with E-state index < -0.39 is 5.97 Å². The minimum atomic E-state index is -0.923. The van der Waals surface area contributed by atoms with Crippen molar-refractivity contribution in [1.29, 1.82) is 0 Å². The topological polar surface area (TPSA) is 51.5 Å². The molecule has 3 aromatic rings. The Kier molecular flexibility index (Phi) is 3.59. The molecule has 0 saturated heterocycles. The Balaban J connectivity index is 1.96. The Morgan fingerprint density at radius 1 is 1.18 bits per heavy atom. The number of hydrogen-bond donors (Lipinski definition) is 1. The molecule has 0 atom stereocenters. The van der Waals surface area contributed by atoms with Gasteiger partial charge in [0.05, 0.1) is 5.56 Å². The van der Waals surface area contributed by atoms with Crippen LogP contribution < -0.4 is 4.74 Å². The third-order valence-corrected chi connectivity index (χ3v) is 3.74. The third kappa shape index (κ3) is 2.55. The number of nitrogens with zero attached hydrogens (tertiary/aromatic N) is 1. The van der Waals surface area contributed by atoms with Crippen molar-refractivity contribution in [2.45, 2.75) is 13.5 Å². The first-order valence-electron chi connectivity index (χ1n) is 7.06. The van der Waals surface area contributed by atoms with Gasteiger partial charge in [-0.25, -0.2) is 4.79 Å². The number of rotatable bonds is 4. The van der Waals surface area contributed by atoms with E-state index in [9.17, 15) is 9.90 Å². The summed E-state index contributed by atoms with van der Waals surface area (Å²) in [6.07, 6.45) is 1.92. The molecule has 2 aromatic carbocycles. The highest BCUT2D eigenvalue weighted by atomic mass is 16.5. The molecule has 3 rings (SSSR count). The largest absolute Gasteiger partial charge is 0.489 e. The van der Waals surface area contributed by atoms with Gasteiger partial charge in [-0.3, -0.25) is 0 Å². The Hall–Kier alpha value is -2.75. The highest BCUT2D eigenvalue weighted by Gasteiger charge is 2.15. The normalized spacial score (nSPS) is 10.8. The van der Waals surface area contributed by atoms with Crippen molar-refractivity contribution >= 4 is 16.9 Å². The molecular weight excluding hydrogens is 278 g/mol. The van der Waals surface area contributed by atoms with E-state index in [-0.39, 0.29) is 0 Å². The van der Waals surface area contributed by atoms with Crippen molar-refractivity contribution in [1.82, 2.24) is 4.57 Å². The van der Waals surface area contributed by atoms with Crippen LogP contribution in [0.2, 0.25) is 0 Å². The number of carboxylic acid groups (broad SMARTS) is 1. The van der Waals surface area contributed by atoms with Crippen LogP contribution in [0.5, 0.6) is 5.75 Å². The van der Waals surface area contributed by atoms with E-state index in [1.165, 1.54) is 5.56 Å². The summed E-state index contributed by atoms with van der Waals surface area (Å²) in [6, 6.07) is 13.1. The van der Waals surface area contributed by atoms with Gasteiger partial charge in [0.15, 0.2) is 0 Å². The summed E-state index contributed by atoms with van der Waals surface area (Å²) >= 11 is 0. The Labute approximate surface area is 128 Å². The van der Waals surface area contributed by atoms with E-state index in [0.717, 1.165) is 22.2 Å². The van der Waals surface area contributed by atoms with Gasteiger partial charge >= 0.3 is 5.97 Å². The lowest BCUT2D eigenvalue weighted by atomic mass is 10.1. The van der Waals surface area contributed by atoms with Crippen molar-refractivity contribution in [2.75, 3.05) is 0 Å². The lowest BCUT2D eigenvalue weighted by Crippen LogP contribution is -2.00. The first-order chi connectivity index (χ1) is 10.6. The lowest BCUT2D eigenvalue weighted by molar-refractivity contribution is 0.0699. The first kappa shape index (κ1) is 14.2. The predicted octanol–water partition coefficient (Wildman–Crippen LogP) is 3.76. The van der Waals surface area contributed by atoms with Crippen LogP contribution in [-0.4, -0.2) is 15.6 Å². The summed E-state index contributed by atoms with van der Waals surface area (Å²) < 4.78 is 7.72. The van der Waals surface area contributed by atoms with Crippen LogP contribution in [-0.2, 0) is 13.7 Å². The zero-order valence-corrected chi connectivity index (χ0v) is 12.5. The lowest BCUT2D eigenvalue weighted by Gasteiger charge is -2.06. The molecule has 0 spiro atoms. The summed E-state index contributed by atoms with van der Waals surface area (Å²) in [6.45, 7) is 2.36. The number of ether oxygens (including phenoxy) is 1. The average Bonchev–Trinajstić information content (AvgIpc) is 2.83. The maximum atomic E-state index is 11.4. The maximum absolute atomic E-state index is 11.4. The molecule has 1 aromatic heterocycles. The molecule has 1 N–H and O–H groups in total. The van der Waals surface area contributed by atoms with Gasteiger partial charge in [0, 0.05) is 29.7 Å². The minimum Gasteiger partial charge on any atom is -0.489 e. The Morgan fingerprint density at radius 2 is 1.91 bits per heavy atom. The molecule has 0 fully saturated rings. The second-order valence-electron chi connectivity index (χ2n) is 5.37. The van der Waals surface area contributed by atoms with Crippen molar-refractivity contribution < 1.29 is 14.6 Å². The number of aryl methyl sites for hydroxylation is 2. The molecule has 112 valence electrons. The quantitative estimate of drug-likeness (QED) is 0.797. The standard InChI is InChI=1S/C18H17NO3/c1-12-6-8-14(9-7-12)22-11-13-10-19(2)16-5-3-4-15(17(13)16)18(20)21/h3-10H,11H2,1-2H3,(H,20,21). The molecule has 0 aliphatic heterocycles. The zero-order chi connectivity index (χ0) is 15.7. The zero-order valence-electron chi connectivity index (χ0n) is 12.5. The van der Waals surface area contributed by atoms with Gasteiger partial charge in [0.1, 0.15) is 12.4 Å². The van der Waals surface area contributed by atoms with E-state index in [4.69, 9.17) is 4.74 Å². The van der Waals surface area contributed by atoms with Gasteiger partial charge in [-0.2, -0.15) is 0 Å². The van der Waals surface area contributed by atoms with Crippen LogP contribution >= 0.6 is 0 Å². The summed E-state index contributed by atoms with van der Waals surface area (Å²) in [4.78, 5) is 11.4. The second-order valence-corrected chi connectivity index (χ2v) is 5.37. The van der Waals surface area contributed by atoms with E-state index in [1.54, 1.807) is 12.1 Å². The van der Waals surface area contributed by atoms with E-state index in [2.05, 4.69) is 0 Å². The molecule has 22 heavy (non-hydrogen) atoms. The molecule has 1 heterocycles. The van der Waals surface area contributed by atoms with Crippen LogP contribution in [0, 0.1) is 6.92 Å². The van der Waals surface area contributed by atoms with E-state index in [0.29, 0.717) is 12.2 Å². The monoisotopic (exact) mass is 295 g/mol. The Morgan fingerprint density at radius 3 is 2.59 bits per heavy atom. The smallest absolute Gasteiger partial charge is 0.336 e. The van der Waals surface area contributed by atoms with Gasteiger partial charge in [-0.15, -0.1) is 0 Å². The molecule has 0 radical (unpaired) electrons. The summed E-state index contributed by atoms with van der Waals surface area (Å²) in [5.74, 6) is -0.149. The molecule has 0 unspecified atom stereocenters. The van der Waals surface area contributed by atoms with Gasteiger partial charge < -0.3 is 14.4 Å². The van der Waals surface area contributed by atoms with Crippen molar-refractivity contribution in [2.24, 2.45) is 7.05 Å². The molecule has 4 heteroatoms. The number of fused-ring (bicyclic) bond motifs is 1. The molecule has 0 saturated carbocycles. The molecule has 0 bridgehead atoms. The molecule has 0 aliphatic rings. The number of hydrogen-bond acceptors (Lipinski definition) is 2. The fraction of sp³-hybridized carbons (Fsp3) is 0.167. The van der Waals surface area contributed by atoms with Crippen LogP contribution in [0.15, 0.2) is 48.7 Å². The first-order valence-corrected chi connectivity index (χ1v) is 7.06. The third-order valence-electron chi connectivity index (χ3n) is 3.74. The fourth-order valence-electron chi connectivity index (χ4n) is 2.62. The number of carbonyl (C=O) groups is 1. The summed E-state index contributed by atoms with van der Waals surface area (Å²) in [5, 5.41) is 10.1. The molecule has 0 amide bonds. The highest BCUT2D eigenvalue weighted by molar-refractivity contribution is 6.04. The van der Waals surface area contributed by atoms with Crippen molar-refractivity contribution in [3.05, 3.63) is 65.4 Å². The van der Waals surface area contributed by atoms with E-state index >= 15 is 0 Å². The average molecular weight is 295 g/mol. The van der Waals surface area contributed by atoms with Crippen LogP contribution in [0.4, 0.5) is 0 Å². The maximum Gasteiger partial charge on any atom is 0.336 e. The van der Waals surface area contributed by atoms with Crippen molar-refractivity contribution in [3.8, 4) is 5.75 Å². The summed E-state index contributed by atoms with van der Waals surface area (Å²) in [5.41, 5.74) is 3.24. The SMILES string of the molecule is Cc1ccc(OCc2cn(C)c3cccc(C(=O)O)c23)cc1. The van der Waals surface area contributed by atoms with Gasteiger partial charge in [-0.1, -0.05) is 23.8 Å². The van der Waals surface area contributed by atoms with Gasteiger partial charge in [0.2, 0.25) is 0 Å². The summed E-state index contributed by atoms with van der Waals surface area (Å²) in [7, 11) is 1.91. The molecular formula is C18H17NO3. The predicted molar refractivity (Wildman–Crippen MR) is 85.4 cm³/mol. The van der Waals surface area contributed by atoms with E-state index in [1.807, 2.05) is 55.1 Å². The number of aromatic nitrogens is 1. The van der Waals surface area contributed by atoms with Crippen LogP contribution in [0.25, 0.3) is 10.9 Å².